The summed E-state index contributed by atoms with van der Waals surface area (Å²) in [6.45, 7) is 6.41. The van der Waals surface area contributed by atoms with Crippen LogP contribution < -0.4 is 9.62 Å². The monoisotopic (exact) mass is 678 g/mol. The van der Waals surface area contributed by atoms with Gasteiger partial charge < -0.3 is 20.2 Å². The topological polar surface area (TPSA) is 127 Å². The molecule has 4 N–H and O–H groups in total. The summed E-state index contributed by atoms with van der Waals surface area (Å²) in [5, 5.41) is 29.4. The molecule has 0 radical (unpaired) electrons. The highest BCUT2D eigenvalue weighted by atomic mass is 32.2. The zero-order chi connectivity index (χ0) is 35.1. The van der Waals surface area contributed by atoms with Crippen LogP contribution in [0.15, 0.2) is 96.6 Å². The van der Waals surface area contributed by atoms with Crippen LogP contribution >= 0.6 is 0 Å². The number of unbranched alkanes of at least 4 members (excludes halogenated alkanes) is 2. The molecule has 0 unspecified atom stereocenters. The molecule has 1 fully saturated rings. The van der Waals surface area contributed by atoms with Crippen molar-refractivity contribution in [1.82, 2.24) is 4.72 Å². The first-order valence-corrected chi connectivity index (χ1v) is 18.1. The van der Waals surface area contributed by atoms with E-state index in [0.29, 0.717) is 49.9 Å². The van der Waals surface area contributed by atoms with Crippen LogP contribution in [0.5, 0.6) is 0 Å². The minimum absolute atomic E-state index is 0.0763. The Hall–Kier alpha value is -3.85. The molecule has 8 nitrogen and oxygen atoms in total. The number of rotatable bonds is 18. The van der Waals surface area contributed by atoms with Crippen molar-refractivity contribution < 1.29 is 32.9 Å². The molecule has 3 atom stereocenters. The average molecular weight is 679 g/mol. The average Bonchev–Trinajstić information content (AvgIpc) is 3.06. The molecular formula is C38H47FN2O6S. The molecule has 48 heavy (non-hydrogen) atoms. The number of hydrogen-bond acceptors (Lipinski definition) is 6. The van der Waals surface area contributed by atoms with Crippen molar-refractivity contribution in [3.8, 4) is 11.8 Å². The van der Waals surface area contributed by atoms with Crippen molar-refractivity contribution >= 4 is 21.6 Å². The number of halogens is 1. The van der Waals surface area contributed by atoms with Gasteiger partial charge in [-0.3, -0.25) is 4.79 Å². The molecule has 0 bridgehead atoms. The molecule has 10 heteroatoms. The first-order chi connectivity index (χ1) is 23.0. The van der Waals surface area contributed by atoms with E-state index in [-0.39, 0.29) is 36.9 Å². The lowest BCUT2D eigenvalue weighted by molar-refractivity contribution is -0.129. The number of carbonyl (C=O) groups excluding carboxylic acids is 1. The smallest absolute Gasteiger partial charge is 0.233 e. The number of benzene rings is 2. The van der Waals surface area contributed by atoms with Crippen molar-refractivity contribution in [2.24, 2.45) is 11.8 Å². The summed E-state index contributed by atoms with van der Waals surface area (Å²) < 4.78 is 38.2. The Morgan fingerprint density at radius 1 is 1.06 bits per heavy atom. The van der Waals surface area contributed by atoms with Gasteiger partial charge in [-0.05, 0) is 92.1 Å². The van der Waals surface area contributed by atoms with Crippen LogP contribution in [-0.4, -0.2) is 61.7 Å². The van der Waals surface area contributed by atoms with E-state index >= 15 is 0 Å². The van der Waals surface area contributed by atoms with Crippen molar-refractivity contribution in [3.05, 3.63) is 114 Å². The van der Waals surface area contributed by atoms with Gasteiger partial charge in [-0.25, -0.2) is 17.5 Å². The van der Waals surface area contributed by atoms with E-state index in [9.17, 15) is 32.9 Å². The van der Waals surface area contributed by atoms with E-state index < -0.39 is 22.0 Å². The molecule has 1 heterocycles. The summed E-state index contributed by atoms with van der Waals surface area (Å²) in [4.78, 5) is 15.3. The second kappa shape index (κ2) is 19.2. The maximum Gasteiger partial charge on any atom is 0.233 e. The third-order valence-corrected chi connectivity index (χ3v) is 8.92. The van der Waals surface area contributed by atoms with E-state index in [1.165, 1.54) is 12.1 Å². The third-order valence-electron chi connectivity index (χ3n) is 8.19. The van der Waals surface area contributed by atoms with Gasteiger partial charge in [0.2, 0.25) is 15.9 Å². The molecule has 0 aliphatic carbocycles. The number of carbonyl (C=O) groups is 1. The van der Waals surface area contributed by atoms with Crippen LogP contribution in [-0.2, 0) is 14.8 Å². The highest BCUT2D eigenvalue weighted by Gasteiger charge is 2.48. The Morgan fingerprint density at radius 3 is 2.38 bits per heavy atom. The SMILES string of the molecule is C=C(\C=C/C(=C\C)/C=C/CC(CO)CO)[C@@H]1[C@@H](CC[C@H](O)c2ccc(F)cc2)C(=O)N1c1ccc(C#CCCCCNS(C)(=O)=O)cc1. The molecule has 1 amide bonds. The molecule has 1 saturated heterocycles. The minimum Gasteiger partial charge on any atom is -0.396 e. The van der Waals surface area contributed by atoms with Gasteiger partial charge in [-0.15, -0.1) is 0 Å². The Kier molecular flexibility index (Phi) is 15.5. The van der Waals surface area contributed by atoms with E-state index in [0.717, 1.165) is 29.4 Å². The second-order valence-corrected chi connectivity index (χ2v) is 13.8. The van der Waals surface area contributed by atoms with Crippen LogP contribution in [0, 0.1) is 29.5 Å². The number of allylic oxidation sites excluding steroid dienone is 5. The van der Waals surface area contributed by atoms with E-state index in [2.05, 4.69) is 23.1 Å². The fourth-order valence-electron chi connectivity index (χ4n) is 5.35. The summed E-state index contributed by atoms with van der Waals surface area (Å²) in [6, 6.07) is 12.8. The fourth-order valence-corrected chi connectivity index (χ4v) is 5.87. The number of sulfonamides is 1. The zero-order valence-corrected chi connectivity index (χ0v) is 28.5. The summed E-state index contributed by atoms with van der Waals surface area (Å²) >= 11 is 0. The van der Waals surface area contributed by atoms with Crippen LogP contribution in [0.1, 0.15) is 62.7 Å². The van der Waals surface area contributed by atoms with Crippen molar-refractivity contribution in [3.63, 3.8) is 0 Å². The molecule has 1 aliphatic heterocycles. The first kappa shape index (κ1) is 38.6. The second-order valence-electron chi connectivity index (χ2n) is 11.9. The molecule has 0 saturated carbocycles. The highest BCUT2D eigenvalue weighted by Crippen LogP contribution is 2.40. The summed E-state index contributed by atoms with van der Waals surface area (Å²) in [7, 11) is -3.19. The fraction of sp³-hybridized carbons (Fsp3) is 0.395. The van der Waals surface area contributed by atoms with E-state index in [4.69, 9.17) is 0 Å². The Labute approximate surface area is 284 Å². The van der Waals surface area contributed by atoms with Gasteiger partial charge in [0.25, 0.3) is 0 Å². The van der Waals surface area contributed by atoms with Gasteiger partial charge in [-0.2, -0.15) is 0 Å². The standard InChI is InChI=1S/C38H47FN2O6S/c1-4-29(11-9-12-31(26-42)27-43)14-13-28(2)37-35(23-24-36(44)32-17-19-33(39)20-18-32)38(45)41(37)34-21-15-30(16-22-34)10-7-5-6-8-25-40-48(3,46)47/h4,9,11,13-22,31,35-37,40,42-44H,2,5-6,8,12,23-27H2,1,3H3/b11-9+,14-13-,29-4-/t35-,36+,37-/m1/s1. The van der Waals surface area contributed by atoms with Gasteiger partial charge in [0.05, 0.1) is 24.3 Å². The van der Waals surface area contributed by atoms with Crippen molar-refractivity contribution in [1.29, 1.82) is 0 Å². The van der Waals surface area contributed by atoms with Gasteiger partial charge in [-0.1, -0.05) is 60.9 Å². The number of aliphatic hydroxyl groups excluding tert-OH is 3. The van der Waals surface area contributed by atoms with E-state index in [1.54, 1.807) is 17.0 Å². The first-order valence-electron chi connectivity index (χ1n) is 16.2. The minimum atomic E-state index is -3.19. The maximum atomic E-state index is 13.6. The lowest BCUT2D eigenvalue weighted by Gasteiger charge is -2.48. The summed E-state index contributed by atoms with van der Waals surface area (Å²) in [5.74, 6) is 5.15. The summed E-state index contributed by atoms with van der Waals surface area (Å²) in [6.07, 6.45) is 13.2. The normalized spacial score (nSPS) is 17.5. The number of aliphatic hydroxyl groups is 3. The number of β-lactam (4-membered cyclic amide) rings is 1. The Bertz CT molecular complexity index is 1620. The number of hydrogen-bond donors (Lipinski definition) is 4. The quantitative estimate of drug-likeness (QED) is 0.0730. The lowest BCUT2D eigenvalue weighted by Crippen LogP contribution is -2.61. The zero-order valence-electron chi connectivity index (χ0n) is 27.7. The van der Waals surface area contributed by atoms with Crippen molar-refractivity contribution in [2.45, 2.75) is 57.6 Å². The van der Waals surface area contributed by atoms with E-state index in [1.807, 2.05) is 61.6 Å². The maximum absolute atomic E-state index is 13.6. The number of anilines is 1. The molecule has 0 spiro atoms. The lowest BCUT2D eigenvalue weighted by atomic mass is 9.78. The molecule has 1 aliphatic rings. The molecule has 2 aromatic rings. The highest BCUT2D eigenvalue weighted by molar-refractivity contribution is 7.88. The van der Waals surface area contributed by atoms with Crippen LogP contribution in [0.3, 0.4) is 0 Å². The predicted octanol–water partition coefficient (Wildman–Crippen LogP) is 5.35. The number of nitrogens with one attached hydrogen (secondary N) is 1. The summed E-state index contributed by atoms with van der Waals surface area (Å²) in [5.41, 5.74) is 3.72. The van der Waals surface area contributed by atoms with Crippen LogP contribution in [0.25, 0.3) is 0 Å². The predicted molar refractivity (Wildman–Crippen MR) is 189 cm³/mol. The Morgan fingerprint density at radius 2 is 1.75 bits per heavy atom. The number of amides is 1. The van der Waals surface area contributed by atoms with Gasteiger partial charge >= 0.3 is 0 Å². The molecule has 2 aromatic carbocycles. The van der Waals surface area contributed by atoms with Gasteiger partial charge in [0.15, 0.2) is 0 Å². The third kappa shape index (κ3) is 12.0. The molecule has 258 valence electrons. The van der Waals surface area contributed by atoms with Crippen molar-refractivity contribution in [2.75, 3.05) is 30.9 Å². The molecular weight excluding hydrogens is 631 g/mol. The Balaban J connectivity index is 1.72. The van der Waals surface area contributed by atoms with Crippen LogP contribution in [0.4, 0.5) is 10.1 Å². The van der Waals surface area contributed by atoms with Crippen LogP contribution in [0.2, 0.25) is 0 Å². The number of nitrogens with zero attached hydrogens (tertiary/aromatic N) is 1. The molecule has 3 rings (SSSR count). The largest absolute Gasteiger partial charge is 0.396 e. The van der Waals surface area contributed by atoms with Gasteiger partial charge in [0, 0.05) is 43.3 Å². The molecule has 0 aromatic heterocycles. The van der Waals surface area contributed by atoms with Gasteiger partial charge in [0.1, 0.15) is 5.82 Å².